The number of alkyl halides is 4. The van der Waals surface area contributed by atoms with Gasteiger partial charge >= 0.3 is 6.18 Å². The minimum absolute atomic E-state index is 0.00180. The molecule has 26 heavy (non-hydrogen) atoms. The summed E-state index contributed by atoms with van der Waals surface area (Å²) in [7, 11) is -3.41. The molecule has 0 saturated heterocycles. The fourth-order valence-electron chi connectivity index (χ4n) is 2.44. The molecule has 2 aromatic carbocycles. The molecule has 0 aliphatic carbocycles. The quantitative estimate of drug-likeness (QED) is 0.371. The van der Waals surface area contributed by atoms with Crippen LogP contribution >= 0.6 is 22.6 Å². The standard InChI is InChI=1S/C17H11F3INO3S/c18-17(19,20)16-14(11-4-2-1-3-5-11)15(22-25-16)12-6-8-13(9-7-12)26(23,24)10-21/h1-9H,10H2. The van der Waals surface area contributed by atoms with Crippen molar-refractivity contribution in [2.75, 3.05) is 3.76 Å². The van der Waals surface area contributed by atoms with Gasteiger partial charge in [-0.1, -0.05) is 70.2 Å². The van der Waals surface area contributed by atoms with Crippen LogP contribution in [0.15, 0.2) is 64.0 Å². The van der Waals surface area contributed by atoms with Gasteiger partial charge in [0.2, 0.25) is 5.76 Å². The molecule has 4 nitrogen and oxygen atoms in total. The van der Waals surface area contributed by atoms with Crippen molar-refractivity contribution >= 4 is 32.4 Å². The molecule has 3 aromatic rings. The topological polar surface area (TPSA) is 60.2 Å². The Bertz CT molecular complexity index is 1010. The van der Waals surface area contributed by atoms with Crippen LogP contribution in [0.25, 0.3) is 22.4 Å². The highest BCUT2D eigenvalue weighted by Gasteiger charge is 2.41. The van der Waals surface area contributed by atoms with E-state index in [4.69, 9.17) is 0 Å². The Morgan fingerprint density at radius 1 is 0.962 bits per heavy atom. The van der Waals surface area contributed by atoms with Crippen molar-refractivity contribution in [2.24, 2.45) is 0 Å². The summed E-state index contributed by atoms with van der Waals surface area (Å²) in [5, 5.41) is 3.60. The molecule has 0 N–H and O–H groups in total. The number of halogens is 4. The first-order valence-corrected chi connectivity index (χ1v) is 10.4. The average Bonchev–Trinajstić information content (AvgIpc) is 3.08. The van der Waals surface area contributed by atoms with E-state index in [2.05, 4.69) is 9.68 Å². The zero-order valence-corrected chi connectivity index (χ0v) is 16.0. The molecule has 1 aromatic heterocycles. The summed E-state index contributed by atoms with van der Waals surface area (Å²) in [4.78, 5) is 0.0939. The zero-order chi connectivity index (χ0) is 18.9. The monoisotopic (exact) mass is 493 g/mol. The molecule has 0 aliphatic rings. The van der Waals surface area contributed by atoms with Gasteiger partial charge in [0.1, 0.15) is 9.45 Å². The van der Waals surface area contributed by atoms with Crippen molar-refractivity contribution in [3.63, 3.8) is 0 Å². The molecule has 0 atom stereocenters. The van der Waals surface area contributed by atoms with Crippen LogP contribution in [0.5, 0.6) is 0 Å². The van der Waals surface area contributed by atoms with Gasteiger partial charge < -0.3 is 4.52 Å². The number of hydrogen-bond donors (Lipinski definition) is 0. The second-order valence-corrected chi connectivity index (χ2v) is 9.13. The van der Waals surface area contributed by atoms with Gasteiger partial charge in [-0.25, -0.2) is 8.42 Å². The minimum Gasteiger partial charge on any atom is -0.350 e. The van der Waals surface area contributed by atoms with Gasteiger partial charge in [-0.3, -0.25) is 0 Å². The lowest BCUT2D eigenvalue weighted by molar-refractivity contribution is -0.154. The molecule has 0 unspecified atom stereocenters. The van der Waals surface area contributed by atoms with E-state index in [0.29, 0.717) is 11.1 Å². The highest BCUT2D eigenvalue weighted by molar-refractivity contribution is 14.1. The van der Waals surface area contributed by atoms with Crippen molar-refractivity contribution in [3.05, 3.63) is 60.4 Å². The van der Waals surface area contributed by atoms with E-state index in [1.165, 1.54) is 36.4 Å². The summed E-state index contributed by atoms with van der Waals surface area (Å²) in [5.41, 5.74) is 0.458. The molecule has 0 saturated carbocycles. The Balaban J connectivity index is 2.16. The van der Waals surface area contributed by atoms with Crippen LogP contribution in [-0.4, -0.2) is 17.3 Å². The summed E-state index contributed by atoms with van der Waals surface area (Å²) in [6, 6.07) is 13.5. The van der Waals surface area contributed by atoms with Gasteiger partial charge in [-0.2, -0.15) is 13.2 Å². The van der Waals surface area contributed by atoms with Crippen LogP contribution in [-0.2, 0) is 16.0 Å². The van der Waals surface area contributed by atoms with Crippen LogP contribution in [0.1, 0.15) is 5.76 Å². The predicted molar refractivity (Wildman–Crippen MR) is 98.4 cm³/mol. The number of sulfone groups is 1. The number of benzene rings is 2. The Labute approximate surface area is 161 Å². The Kier molecular flexibility index (Phi) is 5.11. The van der Waals surface area contributed by atoms with E-state index >= 15 is 0 Å². The molecule has 1 heterocycles. The number of aromatic nitrogens is 1. The highest BCUT2D eigenvalue weighted by Crippen LogP contribution is 2.42. The van der Waals surface area contributed by atoms with E-state index in [1.807, 2.05) is 0 Å². The van der Waals surface area contributed by atoms with E-state index in [-0.39, 0.29) is 19.9 Å². The summed E-state index contributed by atoms with van der Waals surface area (Å²) < 4.78 is 68.2. The van der Waals surface area contributed by atoms with Crippen LogP contribution in [0.2, 0.25) is 0 Å². The first-order chi connectivity index (χ1) is 12.2. The van der Waals surface area contributed by atoms with E-state index in [1.54, 1.807) is 40.8 Å². The fourth-order valence-corrected chi connectivity index (χ4v) is 4.19. The molecule has 0 aliphatic heterocycles. The van der Waals surface area contributed by atoms with Crippen LogP contribution in [0.3, 0.4) is 0 Å². The van der Waals surface area contributed by atoms with E-state index < -0.39 is 21.8 Å². The summed E-state index contributed by atoms with van der Waals surface area (Å²) in [5.74, 6) is -1.19. The van der Waals surface area contributed by atoms with Crippen LogP contribution in [0, 0.1) is 0 Å². The van der Waals surface area contributed by atoms with Gasteiger partial charge in [0.05, 0.1) is 10.5 Å². The lowest BCUT2D eigenvalue weighted by Crippen LogP contribution is -2.05. The Morgan fingerprint density at radius 2 is 1.58 bits per heavy atom. The molecule has 0 radical (unpaired) electrons. The zero-order valence-electron chi connectivity index (χ0n) is 13.0. The third-order valence-electron chi connectivity index (χ3n) is 3.64. The maximum absolute atomic E-state index is 13.3. The van der Waals surface area contributed by atoms with E-state index in [0.717, 1.165) is 0 Å². The first-order valence-electron chi connectivity index (χ1n) is 7.25. The fraction of sp³-hybridized carbons (Fsp3) is 0.118. The predicted octanol–water partition coefficient (Wildman–Crippen LogP) is 5.19. The Morgan fingerprint density at radius 3 is 2.12 bits per heavy atom. The summed E-state index contributed by atoms with van der Waals surface area (Å²) >= 11 is 1.74. The highest BCUT2D eigenvalue weighted by atomic mass is 127. The number of rotatable bonds is 4. The van der Waals surface area contributed by atoms with Crippen molar-refractivity contribution in [1.29, 1.82) is 0 Å². The van der Waals surface area contributed by atoms with Gasteiger partial charge in [0.25, 0.3) is 0 Å². The average molecular weight is 493 g/mol. The molecule has 0 fully saturated rings. The molecule has 9 heteroatoms. The summed E-state index contributed by atoms with van der Waals surface area (Å²) in [6.07, 6.45) is -4.71. The molecular formula is C17H11F3INO3S. The smallest absolute Gasteiger partial charge is 0.350 e. The van der Waals surface area contributed by atoms with Gasteiger partial charge in [0.15, 0.2) is 9.84 Å². The van der Waals surface area contributed by atoms with Gasteiger partial charge in [0, 0.05) is 5.56 Å². The molecule has 0 spiro atoms. The maximum Gasteiger partial charge on any atom is 0.453 e. The number of hydrogen-bond acceptors (Lipinski definition) is 4. The van der Waals surface area contributed by atoms with Crippen molar-refractivity contribution < 1.29 is 26.1 Å². The molecular weight excluding hydrogens is 482 g/mol. The summed E-state index contributed by atoms with van der Waals surface area (Å²) in [6.45, 7) is 0. The second-order valence-electron chi connectivity index (χ2n) is 5.35. The maximum atomic E-state index is 13.3. The molecule has 0 bridgehead atoms. The minimum atomic E-state index is -4.71. The first kappa shape index (κ1) is 18.9. The van der Waals surface area contributed by atoms with E-state index in [9.17, 15) is 21.6 Å². The largest absolute Gasteiger partial charge is 0.453 e. The van der Waals surface area contributed by atoms with Crippen LogP contribution < -0.4 is 0 Å². The molecule has 136 valence electrons. The van der Waals surface area contributed by atoms with Crippen molar-refractivity contribution in [2.45, 2.75) is 11.1 Å². The normalized spacial score (nSPS) is 12.3. The Hall–Kier alpha value is -1.88. The van der Waals surface area contributed by atoms with Crippen molar-refractivity contribution in [1.82, 2.24) is 5.16 Å². The SMILES string of the molecule is O=S(=O)(CI)c1ccc(-c2noc(C(F)(F)F)c2-c2ccccc2)cc1. The lowest BCUT2D eigenvalue weighted by atomic mass is 9.99. The third-order valence-corrected chi connectivity index (χ3v) is 7.38. The van der Waals surface area contributed by atoms with Gasteiger partial charge in [-0.15, -0.1) is 0 Å². The number of nitrogens with zero attached hydrogens (tertiary/aromatic N) is 1. The van der Waals surface area contributed by atoms with Crippen molar-refractivity contribution in [3.8, 4) is 22.4 Å². The van der Waals surface area contributed by atoms with Crippen LogP contribution in [0.4, 0.5) is 13.2 Å². The second kappa shape index (κ2) is 7.03. The molecule has 0 amide bonds. The van der Waals surface area contributed by atoms with Gasteiger partial charge in [-0.05, 0) is 17.7 Å². The lowest BCUT2D eigenvalue weighted by Gasteiger charge is -2.07. The molecule has 3 rings (SSSR count). The third kappa shape index (κ3) is 3.63.